The van der Waals surface area contributed by atoms with E-state index in [1.54, 1.807) is 28.9 Å². The highest BCUT2D eigenvalue weighted by Crippen LogP contribution is 2.26. The first kappa shape index (κ1) is 16.3. The van der Waals surface area contributed by atoms with E-state index in [0.29, 0.717) is 0 Å². The molecule has 1 atom stereocenters. The van der Waals surface area contributed by atoms with Crippen LogP contribution in [0.15, 0.2) is 47.4 Å². The van der Waals surface area contributed by atoms with Crippen LogP contribution >= 0.6 is 22.7 Å². The Morgan fingerprint density at radius 3 is 2.91 bits per heavy atom. The zero-order valence-corrected chi connectivity index (χ0v) is 14.3. The van der Waals surface area contributed by atoms with Gasteiger partial charge in [0.15, 0.2) is 0 Å². The quantitative estimate of drug-likeness (QED) is 0.658. The standard InChI is InChI=1S/C17H19N3OS2/c21-11-13(7-15-3-1-2-5-19-15)8-18-9-16-10-20-17(23-16)14-4-6-22-12-14/h1-6,10,12-13,18,21H,7-9,11H2. The van der Waals surface area contributed by atoms with Gasteiger partial charge in [-0.1, -0.05) is 6.07 Å². The van der Waals surface area contributed by atoms with Crippen molar-refractivity contribution in [2.75, 3.05) is 13.2 Å². The molecule has 0 aromatic carbocycles. The van der Waals surface area contributed by atoms with Crippen molar-refractivity contribution < 1.29 is 5.11 Å². The lowest BCUT2D eigenvalue weighted by molar-refractivity contribution is 0.221. The van der Waals surface area contributed by atoms with Crippen LogP contribution in [0.1, 0.15) is 10.6 Å². The summed E-state index contributed by atoms with van der Waals surface area (Å²) >= 11 is 3.40. The van der Waals surface area contributed by atoms with Gasteiger partial charge in [-0.2, -0.15) is 11.3 Å². The molecular weight excluding hydrogens is 326 g/mol. The summed E-state index contributed by atoms with van der Waals surface area (Å²) in [5.74, 6) is 0.175. The number of nitrogens with zero attached hydrogens (tertiary/aromatic N) is 2. The van der Waals surface area contributed by atoms with E-state index in [1.807, 2.05) is 24.4 Å². The summed E-state index contributed by atoms with van der Waals surface area (Å²) in [6.07, 6.45) is 4.50. The number of hydrogen-bond donors (Lipinski definition) is 2. The predicted molar refractivity (Wildman–Crippen MR) is 95.7 cm³/mol. The topological polar surface area (TPSA) is 58.0 Å². The lowest BCUT2D eigenvalue weighted by Gasteiger charge is -2.14. The summed E-state index contributed by atoms with van der Waals surface area (Å²) in [4.78, 5) is 10.00. The van der Waals surface area contributed by atoms with E-state index in [2.05, 4.69) is 32.1 Å². The molecule has 0 aliphatic rings. The predicted octanol–water partition coefficient (Wildman–Crippen LogP) is 3.21. The Morgan fingerprint density at radius 2 is 2.17 bits per heavy atom. The fraction of sp³-hybridized carbons (Fsp3) is 0.294. The van der Waals surface area contributed by atoms with Crippen molar-refractivity contribution in [3.8, 4) is 10.6 Å². The summed E-state index contributed by atoms with van der Waals surface area (Å²) in [6, 6.07) is 7.98. The molecule has 3 aromatic heterocycles. The van der Waals surface area contributed by atoms with Crippen molar-refractivity contribution >= 4 is 22.7 Å². The van der Waals surface area contributed by atoms with E-state index in [9.17, 15) is 5.11 Å². The van der Waals surface area contributed by atoms with Gasteiger partial charge in [0.05, 0.1) is 0 Å². The molecule has 6 heteroatoms. The van der Waals surface area contributed by atoms with Crippen molar-refractivity contribution in [1.82, 2.24) is 15.3 Å². The zero-order valence-electron chi connectivity index (χ0n) is 12.7. The van der Waals surface area contributed by atoms with Crippen molar-refractivity contribution in [3.63, 3.8) is 0 Å². The minimum Gasteiger partial charge on any atom is -0.396 e. The molecule has 120 valence electrons. The van der Waals surface area contributed by atoms with Crippen LogP contribution in [0.2, 0.25) is 0 Å². The Labute approximate surface area is 143 Å². The third-order valence-corrected chi connectivity index (χ3v) is 5.27. The molecule has 2 N–H and O–H groups in total. The number of aromatic nitrogens is 2. The number of aliphatic hydroxyl groups is 1. The molecule has 0 spiro atoms. The summed E-state index contributed by atoms with van der Waals surface area (Å²) in [6.45, 7) is 1.70. The van der Waals surface area contributed by atoms with E-state index < -0.39 is 0 Å². The molecule has 0 saturated heterocycles. The smallest absolute Gasteiger partial charge is 0.124 e. The van der Waals surface area contributed by atoms with E-state index in [4.69, 9.17) is 0 Å². The summed E-state index contributed by atoms with van der Waals surface area (Å²) in [7, 11) is 0. The Morgan fingerprint density at radius 1 is 1.22 bits per heavy atom. The van der Waals surface area contributed by atoms with Gasteiger partial charge in [0.1, 0.15) is 5.01 Å². The van der Waals surface area contributed by atoms with E-state index in [0.717, 1.165) is 30.2 Å². The van der Waals surface area contributed by atoms with Crippen molar-refractivity contribution in [1.29, 1.82) is 0 Å². The number of rotatable bonds is 8. The van der Waals surface area contributed by atoms with Gasteiger partial charge in [0, 0.05) is 53.6 Å². The maximum Gasteiger partial charge on any atom is 0.124 e. The Kier molecular flexibility index (Phi) is 5.87. The zero-order chi connectivity index (χ0) is 15.9. The molecule has 0 bridgehead atoms. The fourth-order valence-corrected chi connectivity index (χ4v) is 3.92. The molecule has 0 aliphatic carbocycles. The first-order valence-electron chi connectivity index (χ1n) is 7.54. The summed E-state index contributed by atoms with van der Waals surface area (Å²) in [5, 5.41) is 18.2. The second kappa shape index (κ2) is 8.31. The van der Waals surface area contributed by atoms with Crippen LogP contribution in [0.3, 0.4) is 0 Å². The molecule has 0 radical (unpaired) electrons. The highest BCUT2D eigenvalue weighted by atomic mass is 32.1. The third kappa shape index (κ3) is 4.68. The Balaban J connectivity index is 1.48. The molecule has 4 nitrogen and oxygen atoms in total. The average molecular weight is 345 g/mol. The van der Waals surface area contributed by atoms with Crippen molar-refractivity contribution in [2.24, 2.45) is 5.92 Å². The number of thiazole rings is 1. The molecule has 3 aromatic rings. The highest BCUT2D eigenvalue weighted by Gasteiger charge is 2.10. The molecule has 0 amide bonds. The highest BCUT2D eigenvalue weighted by molar-refractivity contribution is 7.15. The second-order valence-electron chi connectivity index (χ2n) is 5.35. The van der Waals surface area contributed by atoms with Crippen LogP contribution in [0.25, 0.3) is 10.6 Å². The van der Waals surface area contributed by atoms with Crippen LogP contribution in [0, 0.1) is 5.92 Å². The number of nitrogens with one attached hydrogen (secondary N) is 1. The van der Waals surface area contributed by atoms with Gasteiger partial charge in [-0.25, -0.2) is 4.98 Å². The maximum absolute atomic E-state index is 9.54. The first-order chi connectivity index (χ1) is 11.3. The van der Waals surface area contributed by atoms with Gasteiger partial charge < -0.3 is 10.4 Å². The molecule has 3 rings (SSSR count). The number of thiophene rings is 1. The van der Waals surface area contributed by atoms with Crippen LogP contribution in [-0.2, 0) is 13.0 Å². The monoisotopic (exact) mass is 345 g/mol. The first-order valence-corrected chi connectivity index (χ1v) is 9.30. The molecule has 0 saturated carbocycles. The molecule has 0 aliphatic heterocycles. The second-order valence-corrected chi connectivity index (χ2v) is 7.24. The van der Waals surface area contributed by atoms with Crippen LogP contribution in [-0.4, -0.2) is 28.2 Å². The third-order valence-electron chi connectivity index (χ3n) is 3.54. The van der Waals surface area contributed by atoms with E-state index in [-0.39, 0.29) is 12.5 Å². The lowest BCUT2D eigenvalue weighted by atomic mass is 10.0. The Hall–Kier alpha value is -1.60. The van der Waals surface area contributed by atoms with Gasteiger partial charge in [-0.15, -0.1) is 11.3 Å². The number of pyridine rings is 1. The average Bonchev–Trinajstić information content (AvgIpc) is 3.26. The lowest BCUT2D eigenvalue weighted by Crippen LogP contribution is -2.26. The van der Waals surface area contributed by atoms with Crippen molar-refractivity contribution in [2.45, 2.75) is 13.0 Å². The van der Waals surface area contributed by atoms with Crippen LogP contribution in [0.4, 0.5) is 0 Å². The van der Waals surface area contributed by atoms with E-state index in [1.165, 1.54) is 10.4 Å². The molecule has 3 heterocycles. The largest absolute Gasteiger partial charge is 0.396 e. The van der Waals surface area contributed by atoms with Gasteiger partial charge in [0.2, 0.25) is 0 Å². The Bertz CT molecular complexity index is 698. The van der Waals surface area contributed by atoms with Crippen LogP contribution < -0.4 is 5.32 Å². The summed E-state index contributed by atoms with van der Waals surface area (Å²) < 4.78 is 0. The van der Waals surface area contributed by atoms with Gasteiger partial charge in [0.25, 0.3) is 0 Å². The number of aliphatic hydroxyl groups excluding tert-OH is 1. The van der Waals surface area contributed by atoms with Gasteiger partial charge in [-0.05, 0) is 35.9 Å². The van der Waals surface area contributed by atoms with E-state index >= 15 is 0 Å². The SMILES string of the molecule is OCC(CNCc1cnc(-c2ccsc2)s1)Cc1ccccn1. The van der Waals surface area contributed by atoms with Crippen LogP contribution in [0.5, 0.6) is 0 Å². The number of hydrogen-bond acceptors (Lipinski definition) is 6. The minimum atomic E-state index is 0.159. The summed E-state index contributed by atoms with van der Waals surface area (Å²) in [5.41, 5.74) is 2.21. The minimum absolute atomic E-state index is 0.159. The maximum atomic E-state index is 9.54. The molecule has 1 unspecified atom stereocenters. The molecular formula is C17H19N3OS2. The fourth-order valence-electron chi connectivity index (χ4n) is 2.32. The molecule has 0 fully saturated rings. The van der Waals surface area contributed by atoms with Gasteiger partial charge in [-0.3, -0.25) is 4.98 Å². The van der Waals surface area contributed by atoms with Gasteiger partial charge >= 0.3 is 0 Å². The molecule has 23 heavy (non-hydrogen) atoms. The van der Waals surface area contributed by atoms with Crippen molar-refractivity contribution in [3.05, 3.63) is 58.0 Å². The normalized spacial score (nSPS) is 12.4.